The van der Waals surface area contributed by atoms with Gasteiger partial charge in [0.15, 0.2) is 0 Å². The van der Waals surface area contributed by atoms with Gasteiger partial charge in [0.2, 0.25) is 0 Å². The first-order chi connectivity index (χ1) is 15.7. The molecule has 0 fully saturated rings. The molecule has 1 heterocycles. The Morgan fingerprint density at radius 1 is 0.625 bits per heavy atom. The van der Waals surface area contributed by atoms with Gasteiger partial charge in [0.25, 0.3) is 0 Å². The predicted octanol–water partition coefficient (Wildman–Crippen LogP) is 8.70. The summed E-state index contributed by atoms with van der Waals surface area (Å²) >= 11 is 0. The molecule has 1 nitrogen and oxygen atoms in total. The maximum Gasteiger partial charge on any atom is 0.0794 e. The smallest absolute Gasteiger partial charge is 0.0794 e. The van der Waals surface area contributed by atoms with Gasteiger partial charge in [0, 0.05) is 27.3 Å². The molecular weight excluding hydrogens is 386 g/mol. The molecule has 0 aliphatic carbocycles. The zero-order valence-electron chi connectivity index (χ0n) is 18.3. The molecule has 152 valence electrons. The average molecular weight is 410 g/mol. The van der Waals surface area contributed by atoms with Crippen LogP contribution in [-0.4, -0.2) is 4.98 Å². The minimum Gasteiger partial charge on any atom is -0.246 e. The third-order valence-corrected chi connectivity index (χ3v) is 6.47. The van der Waals surface area contributed by atoms with E-state index in [2.05, 4.69) is 117 Å². The van der Waals surface area contributed by atoms with Gasteiger partial charge in [-0.05, 0) is 47.2 Å². The molecule has 0 bridgehead atoms. The summed E-state index contributed by atoms with van der Waals surface area (Å²) in [6, 6.07) is 32.8. The monoisotopic (exact) mass is 409 g/mol. The van der Waals surface area contributed by atoms with Crippen LogP contribution in [-0.2, 0) is 0 Å². The molecule has 0 radical (unpaired) electrons. The molecule has 0 saturated heterocycles. The second kappa shape index (κ2) is 7.32. The first kappa shape index (κ1) is 18.8. The van der Waals surface area contributed by atoms with E-state index in [1.807, 2.05) is 0 Å². The van der Waals surface area contributed by atoms with Crippen LogP contribution < -0.4 is 0 Å². The Hall–Kier alpha value is -3.97. The third-order valence-electron chi connectivity index (χ3n) is 6.47. The first-order valence-corrected chi connectivity index (χ1v) is 11.1. The highest BCUT2D eigenvalue weighted by atomic mass is 14.7. The highest BCUT2D eigenvalue weighted by Crippen LogP contribution is 2.40. The number of benzene rings is 5. The molecule has 0 saturated carbocycles. The molecule has 0 spiro atoms. The highest BCUT2D eigenvalue weighted by molar-refractivity contribution is 6.18. The third kappa shape index (κ3) is 2.82. The van der Waals surface area contributed by atoms with Crippen LogP contribution in [0.15, 0.2) is 97.1 Å². The maximum atomic E-state index is 5.28. The Kier molecular flexibility index (Phi) is 4.29. The van der Waals surface area contributed by atoms with E-state index in [-0.39, 0.29) is 0 Å². The largest absolute Gasteiger partial charge is 0.246 e. The number of aromatic nitrogens is 1. The molecule has 1 aromatic heterocycles. The van der Waals surface area contributed by atoms with Gasteiger partial charge in [-0.25, -0.2) is 4.98 Å². The van der Waals surface area contributed by atoms with Gasteiger partial charge >= 0.3 is 0 Å². The summed E-state index contributed by atoms with van der Waals surface area (Å²) in [5, 5.41) is 7.32. The van der Waals surface area contributed by atoms with E-state index < -0.39 is 0 Å². The van der Waals surface area contributed by atoms with E-state index in [4.69, 9.17) is 4.98 Å². The number of hydrogen-bond acceptors (Lipinski definition) is 1. The van der Waals surface area contributed by atoms with Crippen molar-refractivity contribution in [3.8, 4) is 11.1 Å². The predicted molar refractivity (Wildman–Crippen MR) is 139 cm³/mol. The molecule has 5 aromatic carbocycles. The van der Waals surface area contributed by atoms with Crippen molar-refractivity contribution in [3.63, 3.8) is 0 Å². The Morgan fingerprint density at radius 3 is 2.16 bits per heavy atom. The first-order valence-electron chi connectivity index (χ1n) is 11.1. The molecule has 0 amide bonds. The number of allylic oxidation sites excluding steroid dienone is 1. The van der Waals surface area contributed by atoms with Crippen molar-refractivity contribution in [1.29, 1.82) is 0 Å². The number of nitrogens with zero attached hydrogens (tertiary/aromatic N) is 1. The van der Waals surface area contributed by atoms with Crippen LogP contribution in [0.2, 0.25) is 0 Å². The van der Waals surface area contributed by atoms with Crippen LogP contribution in [0.5, 0.6) is 0 Å². The van der Waals surface area contributed by atoms with Crippen LogP contribution in [0.1, 0.15) is 18.1 Å². The number of hydrogen-bond donors (Lipinski definition) is 0. The van der Waals surface area contributed by atoms with Crippen LogP contribution in [0.25, 0.3) is 60.6 Å². The fourth-order valence-electron chi connectivity index (χ4n) is 4.90. The van der Waals surface area contributed by atoms with Crippen molar-refractivity contribution >= 4 is 49.4 Å². The summed E-state index contributed by atoms with van der Waals surface area (Å²) in [5.74, 6) is 0. The van der Waals surface area contributed by atoms with Crippen molar-refractivity contribution in [3.05, 3.63) is 108 Å². The van der Waals surface area contributed by atoms with Crippen molar-refractivity contribution in [2.24, 2.45) is 0 Å². The van der Waals surface area contributed by atoms with E-state index in [0.717, 1.165) is 11.0 Å². The lowest BCUT2D eigenvalue weighted by Gasteiger charge is -2.16. The van der Waals surface area contributed by atoms with Gasteiger partial charge in [0.05, 0.1) is 11.0 Å². The van der Waals surface area contributed by atoms with Gasteiger partial charge < -0.3 is 0 Å². The molecule has 0 N–H and O–H groups in total. The lowest BCUT2D eigenvalue weighted by molar-refractivity contribution is 1.42. The van der Waals surface area contributed by atoms with E-state index in [0.29, 0.717) is 0 Å². The molecule has 0 atom stereocenters. The standard InChI is InChI=1S/C31H23N/c1-3-8-25-20(2)13-17-27-29(24-15-14-21-9-4-5-11-23(21)19-24)28-18-16-22-10-6-7-12-26(22)31(28)32-30(25)27/h3-19H,1-2H3/b8-3-. The van der Waals surface area contributed by atoms with Crippen molar-refractivity contribution in [1.82, 2.24) is 4.98 Å². The van der Waals surface area contributed by atoms with Crippen molar-refractivity contribution < 1.29 is 0 Å². The van der Waals surface area contributed by atoms with Crippen LogP contribution in [0.4, 0.5) is 0 Å². The lowest BCUT2D eigenvalue weighted by atomic mass is 9.91. The summed E-state index contributed by atoms with van der Waals surface area (Å²) in [6.45, 7) is 4.23. The second-order valence-electron chi connectivity index (χ2n) is 8.42. The SMILES string of the molecule is C/C=C\c1c(C)ccc2c(-c3ccc4ccccc4c3)c3ccc4ccccc4c3nc12. The number of rotatable bonds is 2. The van der Waals surface area contributed by atoms with E-state index in [9.17, 15) is 0 Å². The molecule has 0 aliphatic heterocycles. The van der Waals surface area contributed by atoms with Gasteiger partial charge in [-0.3, -0.25) is 0 Å². The lowest BCUT2D eigenvalue weighted by Crippen LogP contribution is -1.94. The minimum atomic E-state index is 1.06. The van der Waals surface area contributed by atoms with E-state index in [1.165, 1.54) is 54.6 Å². The molecule has 6 rings (SSSR count). The molecule has 0 unspecified atom stereocenters. The fourth-order valence-corrected chi connectivity index (χ4v) is 4.90. The Balaban J connectivity index is 1.84. The Labute approximate surface area is 187 Å². The fraction of sp³-hybridized carbons (Fsp3) is 0.0645. The molecular formula is C31H23N. The summed E-state index contributed by atoms with van der Waals surface area (Å²) in [7, 11) is 0. The molecule has 0 aliphatic rings. The zero-order chi connectivity index (χ0) is 21.7. The Morgan fingerprint density at radius 2 is 1.31 bits per heavy atom. The number of aryl methyl sites for hydroxylation is 1. The van der Waals surface area contributed by atoms with E-state index >= 15 is 0 Å². The maximum absolute atomic E-state index is 5.28. The minimum absolute atomic E-state index is 1.06. The van der Waals surface area contributed by atoms with Crippen LogP contribution >= 0.6 is 0 Å². The van der Waals surface area contributed by atoms with Crippen LogP contribution in [0, 0.1) is 6.92 Å². The topological polar surface area (TPSA) is 12.9 Å². The summed E-state index contributed by atoms with van der Waals surface area (Å²) in [5.41, 5.74) is 7.05. The molecule has 1 heteroatoms. The number of fused-ring (bicyclic) bond motifs is 5. The van der Waals surface area contributed by atoms with Gasteiger partial charge in [-0.15, -0.1) is 0 Å². The highest BCUT2D eigenvalue weighted by Gasteiger charge is 2.16. The molecule has 6 aromatic rings. The summed E-state index contributed by atoms with van der Waals surface area (Å²) in [4.78, 5) is 5.28. The normalized spacial score (nSPS) is 11.9. The van der Waals surface area contributed by atoms with Crippen molar-refractivity contribution in [2.45, 2.75) is 13.8 Å². The Bertz CT molecular complexity index is 1690. The zero-order valence-corrected chi connectivity index (χ0v) is 18.3. The van der Waals surface area contributed by atoms with Gasteiger partial charge in [-0.2, -0.15) is 0 Å². The second-order valence-corrected chi connectivity index (χ2v) is 8.42. The number of pyridine rings is 1. The summed E-state index contributed by atoms with van der Waals surface area (Å²) < 4.78 is 0. The van der Waals surface area contributed by atoms with Crippen molar-refractivity contribution in [2.75, 3.05) is 0 Å². The summed E-state index contributed by atoms with van der Waals surface area (Å²) in [6.07, 6.45) is 4.29. The van der Waals surface area contributed by atoms with Gasteiger partial charge in [-0.1, -0.05) is 97.1 Å². The average Bonchev–Trinajstić information content (AvgIpc) is 2.84. The quantitative estimate of drug-likeness (QED) is 0.206. The van der Waals surface area contributed by atoms with Crippen LogP contribution in [0.3, 0.4) is 0 Å². The molecule has 32 heavy (non-hydrogen) atoms. The van der Waals surface area contributed by atoms with Gasteiger partial charge in [0.1, 0.15) is 0 Å². The van der Waals surface area contributed by atoms with E-state index in [1.54, 1.807) is 0 Å².